The van der Waals surface area contributed by atoms with Gasteiger partial charge in [0.2, 0.25) is 0 Å². The summed E-state index contributed by atoms with van der Waals surface area (Å²) in [4.78, 5) is 10.4. The van der Waals surface area contributed by atoms with Crippen molar-refractivity contribution in [1.29, 1.82) is 0 Å². The van der Waals surface area contributed by atoms with Crippen LogP contribution in [-0.4, -0.2) is 17.1 Å². The van der Waals surface area contributed by atoms with Crippen molar-refractivity contribution >= 4 is 11.7 Å². The average molecular weight is 247 g/mol. The molecule has 0 aliphatic carbocycles. The maximum Gasteiger partial charge on any atom is 0.416 e. The van der Waals surface area contributed by atoms with Crippen LogP contribution in [0.15, 0.2) is 24.3 Å². The number of anilines is 1. The Morgan fingerprint density at radius 3 is 2.29 bits per heavy atom. The molecule has 0 aliphatic heterocycles. The van der Waals surface area contributed by atoms with Crippen molar-refractivity contribution < 1.29 is 23.1 Å². The number of hydrogen-bond acceptors (Lipinski definition) is 2. The van der Waals surface area contributed by atoms with Crippen molar-refractivity contribution in [2.45, 2.75) is 25.6 Å². The van der Waals surface area contributed by atoms with Crippen LogP contribution in [0.3, 0.4) is 0 Å². The number of alkyl halides is 3. The average Bonchev–Trinajstić information content (AvgIpc) is 2.15. The molecule has 0 saturated heterocycles. The highest BCUT2D eigenvalue weighted by Gasteiger charge is 2.29. The lowest BCUT2D eigenvalue weighted by molar-refractivity contribution is -0.138. The van der Waals surface area contributed by atoms with E-state index in [-0.39, 0.29) is 12.5 Å². The number of rotatable bonds is 4. The molecule has 1 aromatic rings. The van der Waals surface area contributed by atoms with Crippen LogP contribution in [0.1, 0.15) is 18.9 Å². The van der Waals surface area contributed by atoms with Crippen LogP contribution >= 0.6 is 0 Å². The highest BCUT2D eigenvalue weighted by Crippen LogP contribution is 2.29. The Kier molecular flexibility index (Phi) is 3.98. The van der Waals surface area contributed by atoms with E-state index in [4.69, 9.17) is 5.11 Å². The van der Waals surface area contributed by atoms with Gasteiger partial charge in [0.25, 0.3) is 0 Å². The summed E-state index contributed by atoms with van der Waals surface area (Å²) in [5.74, 6) is -0.961. The summed E-state index contributed by atoms with van der Waals surface area (Å²) in [5.41, 5.74) is -0.263. The third-order valence-electron chi connectivity index (χ3n) is 2.11. The molecule has 0 spiro atoms. The van der Waals surface area contributed by atoms with E-state index in [1.165, 1.54) is 12.1 Å². The molecule has 0 bridgehead atoms. The van der Waals surface area contributed by atoms with Gasteiger partial charge in [0.15, 0.2) is 0 Å². The van der Waals surface area contributed by atoms with Gasteiger partial charge in [-0.15, -0.1) is 0 Å². The van der Waals surface area contributed by atoms with Crippen molar-refractivity contribution in [2.24, 2.45) is 0 Å². The van der Waals surface area contributed by atoms with E-state index in [0.717, 1.165) is 12.1 Å². The molecule has 2 N–H and O–H groups in total. The topological polar surface area (TPSA) is 49.3 Å². The van der Waals surface area contributed by atoms with E-state index in [0.29, 0.717) is 5.69 Å². The van der Waals surface area contributed by atoms with Gasteiger partial charge in [-0.1, -0.05) is 0 Å². The van der Waals surface area contributed by atoms with Crippen LogP contribution in [0.2, 0.25) is 0 Å². The second kappa shape index (κ2) is 5.07. The first kappa shape index (κ1) is 13.3. The molecule has 0 radical (unpaired) electrons. The van der Waals surface area contributed by atoms with Gasteiger partial charge in [-0.2, -0.15) is 13.2 Å². The summed E-state index contributed by atoms with van der Waals surface area (Å²) in [6.45, 7) is 1.64. The fourth-order valence-corrected chi connectivity index (χ4v) is 1.35. The van der Waals surface area contributed by atoms with Gasteiger partial charge < -0.3 is 10.4 Å². The highest BCUT2D eigenvalue weighted by molar-refractivity contribution is 5.68. The fraction of sp³-hybridized carbons (Fsp3) is 0.364. The lowest BCUT2D eigenvalue weighted by Gasteiger charge is -2.14. The van der Waals surface area contributed by atoms with Crippen molar-refractivity contribution in [3.8, 4) is 0 Å². The van der Waals surface area contributed by atoms with E-state index >= 15 is 0 Å². The molecule has 0 fully saturated rings. The van der Waals surface area contributed by atoms with Crippen molar-refractivity contribution in [2.75, 3.05) is 5.32 Å². The summed E-state index contributed by atoms with van der Waals surface area (Å²) >= 11 is 0. The quantitative estimate of drug-likeness (QED) is 0.859. The van der Waals surface area contributed by atoms with Crippen LogP contribution in [0.25, 0.3) is 0 Å². The minimum Gasteiger partial charge on any atom is -0.481 e. The Hall–Kier alpha value is -1.72. The second-order valence-electron chi connectivity index (χ2n) is 3.72. The van der Waals surface area contributed by atoms with E-state index in [1.54, 1.807) is 6.92 Å². The molecule has 1 atom stereocenters. The maximum absolute atomic E-state index is 12.3. The predicted octanol–water partition coefficient (Wildman–Crippen LogP) is 2.98. The molecule has 0 unspecified atom stereocenters. The van der Waals surface area contributed by atoms with E-state index < -0.39 is 17.7 Å². The standard InChI is InChI=1S/C11H12F3NO2/c1-7(6-10(16)17)15-9-4-2-8(3-5-9)11(12,13)14/h2-5,7,15H,6H2,1H3,(H,16,17)/t7-/m1/s1. The molecular formula is C11H12F3NO2. The van der Waals surface area contributed by atoms with Gasteiger partial charge in [-0.3, -0.25) is 4.79 Å². The van der Waals surface area contributed by atoms with Crippen molar-refractivity contribution in [3.05, 3.63) is 29.8 Å². The summed E-state index contributed by atoms with van der Waals surface area (Å²) in [7, 11) is 0. The SMILES string of the molecule is C[C@H](CC(=O)O)Nc1ccc(C(F)(F)F)cc1. The number of carboxylic acids is 1. The van der Waals surface area contributed by atoms with Crippen LogP contribution < -0.4 is 5.32 Å². The van der Waals surface area contributed by atoms with Crippen LogP contribution in [0.4, 0.5) is 18.9 Å². The number of halogens is 3. The third kappa shape index (κ3) is 4.34. The van der Waals surface area contributed by atoms with Crippen molar-refractivity contribution in [3.63, 3.8) is 0 Å². The molecule has 0 aromatic heterocycles. The number of aliphatic carboxylic acids is 1. The monoisotopic (exact) mass is 247 g/mol. The Morgan fingerprint density at radius 2 is 1.88 bits per heavy atom. The maximum atomic E-state index is 12.3. The number of carboxylic acid groups (broad SMARTS) is 1. The molecule has 1 aromatic carbocycles. The Bertz CT molecular complexity index is 387. The van der Waals surface area contributed by atoms with Gasteiger partial charge in [0.05, 0.1) is 12.0 Å². The summed E-state index contributed by atoms with van der Waals surface area (Å²) in [5, 5.41) is 11.3. The minimum atomic E-state index is -4.36. The smallest absolute Gasteiger partial charge is 0.416 e. The van der Waals surface area contributed by atoms with Crippen LogP contribution in [0, 0.1) is 0 Å². The Morgan fingerprint density at radius 1 is 1.35 bits per heavy atom. The van der Waals surface area contributed by atoms with Gasteiger partial charge in [0, 0.05) is 11.7 Å². The summed E-state index contributed by atoms with van der Waals surface area (Å²) in [6.07, 6.45) is -4.45. The van der Waals surface area contributed by atoms with Crippen LogP contribution in [-0.2, 0) is 11.0 Å². The number of carbonyl (C=O) groups is 1. The molecule has 0 amide bonds. The molecule has 0 aliphatic rings. The van der Waals surface area contributed by atoms with E-state index in [9.17, 15) is 18.0 Å². The summed E-state index contributed by atoms with van der Waals surface area (Å²) in [6, 6.07) is 4.12. The predicted molar refractivity (Wildman–Crippen MR) is 56.8 cm³/mol. The number of hydrogen-bond donors (Lipinski definition) is 2. The highest BCUT2D eigenvalue weighted by atomic mass is 19.4. The van der Waals surface area contributed by atoms with Crippen LogP contribution in [0.5, 0.6) is 0 Å². The molecule has 0 saturated carbocycles. The first-order chi connectivity index (χ1) is 7.79. The first-order valence-electron chi connectivity index (χ1n) is 4.94. The largest absolute Gasteiger partial charge is 0.481 e. The van der Waals surface area contributed by atoms with E-state index in [1.807, 2.05) is 0 Å². The molecular weight excluding hydrogens is 235 g/mol. The lowest BCUT2D eigenvalue weighted by Crippen LogP contribution is -2.19. The number of benzene rings is 1. The van der Waals surface area contributed by atoms with Gasteiger partial charge in [-0.25, -0.2) is 0 Å². The molecule has 3 nitrogen and oxygen atoms in total. The van der Waals surface area contributed by atoms with E-state index in [2.05, 4.69) is 5.32 Å². The molecule has 17 heavy (non-hydrogen) atoms. The zero-order valence-electron chi connectivity index (χ0n) is 9.08. The molecule has 1 rings (SSSR count). The Balaban J connectivity index is 2.66. The second-order valence-corrected chi connectivity index (χ2v) is 3.72. The molecule has 6 heteroatoms. The van der Waals surface area contributed by atoms with Gasteiger partial charge in [0.1, 0.15) is 0 Å². The zero-order valence-corrected chi connectivity index (χ0v) is 9.08. The summed E-state index contributed by atoms with van der Waals surface area (Å²) < 4.78 is 36.8. The lowest BCUT2D eigenvalue weighted by atomic mass is 10.1. The normalized spacial score (nSPS) is 13.2. The minimum absolute atomic E-state index is 0.0962. The molecule has 94 valence electrons. The number of nitrogens with one attached hydrogen (secondary N) is 1. The molecule has 0 heterocycles. The van der Waals surface area contributed by atoms with Crippen molar-refractivity contribution in [1.82, 2.24) is 0 Å². The third-order valence-corrected chi connectivity index (χ3v) is 2.11. The fourth-order valence-electron chi connectivity index (χ4n) is 1.35. The Labute approximate surface area is 96.3 Å². The zero-order chi connectivity index (χ0) is 13.1. The van der Waals surface area contributed by atoms with Gasteiger partial charge in [-0.05, 0) is 31.2 Å². The first-order valence-corrected chi connectivity index (χ1v) is 4.94. The van der Waals surface area contributed by atoms with Gasteiger partial charge >= 0.3 is 12.1 Å².